The Labute approximate surface area is 131 Å². The van der Waals surface area contributed by atoms with E-state index < -0.39 is 5.97 Å². The van der Waals surface area contributed by atoms with E-state index in [4.69, 9.17) is 33.0 Å². The third kappa shape index (κ3) is 3.53. The monoisotopic (exact) mass is 329 g/mol. The summed E-state index contributed by atoms with van der Waals surface area (Å²) in [7, 11) is 1.54. The van der Waals surface area contributed by atoms with Crippen LogP contribution in [0.5, 0.6) is 0 Å². The summed E-state index contributed by atoms with van der Waals surface area (Å²) < 4.78 is 6.49. The molecule has 1 heterocycles. The van der Waals surface area contributed by atoms with Gasteiger partial charge < -0.3 is 9.84 Å². The fourth-order valence-electron chi connectivity index (χ4n) is 1.90. The topological polar surface area (TPSA) is 77.2 Å². The number of hydrogen-bond donors (Lipinski definition) is 1. The number of nitrogens with zero attached hydrogens (tertiary/aromatic N) is 3. The summed E-state index contributed by atoms with van der Waals surface area (Å²) in [5, 5.41) is 17.6. The zero-order valence-electron chi connectivity index (χ0n) is 11.2. The number of benzene rings is 1. The van der Waals surface area contributed by atoms with E-state index in [1.165, 1.54) is 4.68 Å². The molecule has 112 valence electrons. The SMILES string of the molecule is COCCc1c(C(=O)O)nnn1Cc1cccc(Cl)c1Cl. The number of carboxylic acid groups (broad SMARTS) is 1. The van der Waals surface area contributed by atoms with Crippen molar-refractivity contribution in [2.45, 2.75) is 13.0 Å². The van der Waals surface area contributed by atoms with E-state index in [1.807, 2.05) is 0 Å². The summed E-state index contributed by atoms with van der Waals surface area (Å²) in [4.78, 5) is 11.2. The van der Waals surface area contributed by atoms with Crippen molar-refractivity contribution in [2.75, 3.05) is 13.7 Å². The second-order valence-electron chi connectivity index (χ2n) is 4.30. The summed E-state index contributed by atoms with van der Waals surface area (Å²) >= 11 is 12.1. The lowest BCUT2D eigenvalue weighted by Gasteiger charge is -2.09. The normalized spacial score (nSPS) is 10.8. The van der Waals surface area contributed by atoms with Gasteiger partial charge in [0.1, 0.15) is 0 Å². The fraction of sp³-hybridized carbons (Fsp3) is 0.308. The molecule has 21 heavy (non-hydrogen) atoms. The first-order valence-corrected chi connectivity index (χ1v) is 6.87. The highest BCUT2D eigenvalue weighted by molar-refractivity contribution is 6.42. The van der Waals surface area contributed by atoms with Crippen LogP contribution < -0.4 is 0 Å². The predicted molar refractivity (Wildman–Crippen MR) is 78.1 cm³/mol. The van der Waals surface area contributed by atoms with Gasteiger partial charge in [0.15, 0.2) is 5.69 Å². The van der Waals surface area contributed by atoms with Gasteiger partial charge in [0, 0.05) is 13.5 Å². The maximum atomic E-state index is 11.2. The molecule has 0 amide bonds. The third-order valence-electron chi connectivity index (χ3n) is 2.93. The molecule has 0 saturated carbocycles. The Hall–Kier alpha value is -1.63. The number of aromatic nitrogens is 3. The molecule has 0 fully saturated rings. The molecule has 1 N–H and O–H groups in total. The minimum Gasteiger partial charge on any atom is -0.476 e. The molecule has 1 aromatic carbocycles. The average molecular weight is 330 g/mol. The lowest BCUT2D eigenvalue weighted by atomic mass is 10.2. The highest BCUT2D eigenvalue weighted by Crippen LogP contribution is 2.26. The van der Waals surface area contributed by atoms with Crippen LogP contribution in [0.3, 0.4) is 0 Å². The molecule has 0 saturated heterocycles. The van der Waals surface area contributed by atoms with Crippen LogP contribution in [0.2, 0.25) is 10.0 Å². The van der Waals surface area contributed by atoms with E-state index >= 15 is 0 Å². The molecule has 0 aliphatic heterocycles. The Morgan fingerprint density at radius 1 is 1.43 bits per heavy atom. The second kappa shape index (κ2) is 6.89. The Morgan fingerprint density at radius 3 is 2.86 bits per heavy atom. The molecule has 2 rings (SSSR count). The van der Waals surface area contributed by atoms with Gasteiger partial charge in [-0.15, -0.1) is 5.10 Å². The Bertz CT molecular complexity index is 658. The van der Waals surface area contributed by atoms with E-state index in [-0.39, 0.29) is 5.69 Å². The fourth-order valence-corrected chi connectivity index (χ4v) is 2.28. The van der Waals surface area contributed by atoms with E-state index in [0.29, 0.717) is 35.3 Å². The van der Waals surface area contributed by atoms with Gasteiger partial charge in [-0.25, -0.2) is 9.48 Å². The first kappa shape index (κ1) is 15.8. The number of methoxy groups -OCH3 is 1. The van der Waals surface area contributed by atoms with Crippen molar-refractivity contribution >= 4 is 29.2 Å². The largest absolute Gasteiger partial charge is 0.476 e. The standard InChI is InChI=1S/C13H13Cl2N3O3/c1-21-6-5-10-12(13(19)20)16-17-18(10)7-8-3-2-4-9(14)11(8)15/h2-4H,5-7H2,1H3,(H,19,20). The second-order valence-corrected chi connectivity index (χ2v) is 5.09. The van der Waals surface area contributed by atoms with Gasteiger partial charge >= 0.3 is 5.97 Å². The molecular weight excluding hydrogens is 317 g/mol. The Balaban J connectivity index is 2.35. The van der Waals surface area contributed by atoms with Crippen molar-refractivity contribution in [1.82, 2.24) is 15.0 Å². The molecule has 0 aliphatic rings. The molecule has 2 aromatic rings. The minimum absolute atomic E-state index is 0.0785. The summed E-state index contributed by atoms with van der Waals surface area (Å²) in [6.45, 7) is 0.662. The Kier molecular flexibility index (Phi) is 5.17. The summed E-state index contributed by atoms with van der Waals surface area (Å²) in [5.41, 5.74) is 1.15. The third-order valence-corrected chi connectivity index (χ3v) is 3.79. The van der Waals surface area contributed by atoms with Crippen molar-refractivity contribution in [2.24, 2.45) is 0 Å². The predicted octanol–water partition coefficient (Wildman–Crippen LogP) is 2.52. The van der Waals surface area contributed by atoms with Crippen LogP contribution in [0.1, 0.15) is 21.7 Å². The van der Waals surface area contributed by atoms with Crippen LogP contribution in [-0.4, -0.2) is 39.8 Å². The number of carboxylic acids is 1. The molecule has 0 aliphatic carbocycles. The van der Waals surface area contributed by atoms with E-state index in [2.05, 4.69) is 10.3 Å². The number of aromatic carboxylic acids is 1. The minimum atomic E-state index is -1.12. The molecule has 0 atom stereocenters. The smallest absolute Gasteiger partial charge is 0.358 e. The molecule has 0 unspecified atom stereocenters. The lowest BCUT2D eigenvalue weighted by Crippen LogP contribution is -2.12. The summed E-state index contributed by atoms with van der Waals surface area (Å²) in [6.07, 6.45) is 0.392. The molecule has 0 bridgehead atoms. The maximum Gasteiger partial charge on any atom is 0.358 e. The molecule has 8 heteroatoms. The van der Waals surface area contributed by atoms with Crippen LogP contribution in [-0.2, 0) is 17.7 Å². The zero-order valence-corrected chi connectivity index (χ0v) is 12.7. The molecular formula is C13H13Cl2N3O3. The zero-order chi connectivity index (χ0) is 15.4. The van der Waals surface area contributed by atoms with Gasteiger partial charge in [-0.2, -0.15) is 0 Å². The van der Waals surface area contributed by atoms with Crippen molar-refractivity contribution < 1.29 is 14.6 Å². The van der Waals surface area contributed by atoms with Gasteiger partial charge in [0.2, 0.25) is 0 Å². The summed E-state index contributed by atoms with van der Waals surface area (Å²) in [5.74, 6) is -1.12. The Morgan fingerprint density at radius 2 is 2.19 bits per heavy atom. The van der Waals surface area contributed by atoms with E-state index in [9.17, 15) is 4.79 Å². The van der Waals surface area contributed by atoms with Gasteiger partial charge in [0.25, 0.3) is 0 Å². The van der Waals surface area contributed by atoms with Crippen LogP contribution in [0.25, 0.3) is 0 Å². The molecule has 0 radical (unpaired) electrons. The van der Waals surface area contributed by atoms with Gasteiger partial charge in [-0.3, -0.25) is 0 Å². The number of halogens is 2. The van der Waals surface area contributed by atoms with Gasteiger partial charge in [-0.1, -0.05) is 40.5 Å². The average Bonchev–Trinajstić information content (AvgIpc) is 2.84. The number of hydrogen-bond acceptors (Lipinski definition) is 4. The van der Waals surface area contributed by atoms with Crippen molar-refractivity contribution in [1.29, 1.82) is 0 Å². The van der Waals surface area contributed by atoms with Crippen LogP contribution in [0, 0.1) is 0 Å². The molecule has 6 nitrogen and oxygen atoms in total. The van der Waals surface area contributed by atoms with Crippen LogP contribution in [0.4, 0.5) is 0 Å². The first-order valence-electron chi connectivity index (χ1n) is 6.12. The summed E-state index contributed by atoms with van der Waals surface area (Å²) in [6, 6.07) is 5.26. The van der Waals surface area contributed by atoms with Crippen LogP contribution >= 0.6 is 23.2 Å². The van der Waals surface area contributed by atoms with Gasteiger partial charge in [-0.05, 0) is 11.6 Å². The van der Waals surface area contributed by atoms with Crippen molar-refractivity contribution in [3.05, 3.63) is 45.2 Å². The first-order chi connectivity index (χ1) is 10.0. The van der Waals surface area contributed by atoms with Gasteiger partial charge in [0.05, 0.1) is 28.9 Å². The highest BCUT2D eigenvalue weighted by Gasteiger charge is 2.19. The number of carbonyl (C=O) groups is 1. The molecule has 0 spiro atoms. The maximum absolute atomic E-state index is 11.2. The van der Waals surface area contributed by atoms with E-state index in [1.54, 1.807) is 25.3 Å². The molecule has 1 aromatic heterocycles. The van der Waals surface area contributed by atoms with E-state index in [0.717, 1.165) is 5.56 Å². The van der Waals surface area contributed by atoms with Crippen LogP contribution in [0.15, 0.2) is 18.2 Å². The van der Waals surface area contributed by atoms with Crippen molar-refractivity contribution in [3.8, 4) is 0 Å². The van der Waals surface area contributed by atoms with Crippen molar-refractivity contribution in [3.63, 3.8) is 0 Å². The highest BCUT2D eigenvalue weighted by atomic mass is 35.5. The number of ether oxygens (including phenoxy) is 1. The quantitative estimate of drug-likeness (QED) is 0.881. The lowest BCUT2D eigenvalue weighted by molar-refractivity contribution is 0.0688. The number of rotatable bonds is 6.